The van der Waals surface area contributed by atoms with Gasteiger partial charge >= 0.3 is 0 Å². The van der Waals surface area contributed by atoms with Crippen LogP contribution in [0.5, 0.6) is 0 Å². The van der Waals surface area contributed by atoms with Gasteiger partial charge in [-0.05, 0) is 52.1 Å². The summed E-state index contributed by atoms with van der Waals surface area (Å²) in [4.78, 5) is 28.8. The minimum atomic E-state index is -0.223. The normalized spacial score (nSPS) is 31.2. The van der Waals surface area contributed by atoms with E-state index in [1.54, 1.807) is 11.8 Å². The Bertz CT molecular complexity index is 457. The van der Waals surface area contributed by atoms with Crippen LogP contribution in [0.4, 0.5) is 0 Å². The van der Waals surface area contributed by atoms with Gasteiger partial charge in [0.1, 0.15) is 6.04 Å². The molecule has 0 aliphatic carbocycles. The Morgan fingerprint density at radius 2 is 2.09 bits per heavy atom. The van der Waals surface area contributed by atoms with Crippen molar-refractivity contribution in [2.45, 2.75) is 49.9 Å². The Labute approximate surface area is 149 Å². The van der Waals surface area contributed by atoms with E-state index in [1.807, 2.05) is 16.8 Å². The molecule has 2 amide bonds. The molecule has 0 aromatic rings. The van der Waals surface area contributed by atoms with Crippen molar-refractivity contribution in [3.8, 4) is 0 Å². The largest absolute Gasteiger partial charge is 0.341 e. The molecule has 3 fully saturated rings. The highest BCUT2D eigenvalue weighted by Gasteiger charge is 2.53. The Kier molecular flexibility index (Phi) is 6.25. The standard InChI is InChI=1S/C16H27N3O2S.ClH/c1-16-7-3-14(20)19(16)13(11-22-16)15(21)18-9-5-12(6-10-18)4-8-17-2;/h12-13,17H,3-11H2,1-2H3;1H. The zero-order valence-corrected chi connectivity index (χ0v) is 15.7. The van der Waals surface area contributed by atoms with Crippen LogP contribution in [0.15, 0.2) is 0 Å². The molecule has 3 aliphatic rings. The minimum Gasteiger partial charge on any atom is -0.341 e. The van der Waals surface area contributed by atoms with Crippen LogP contribution in [-0.2, 0) is 9.59 Å². The summed E-state index contributed by atoms with van der Waals surface area (Å²) in [6.07, 6.45) is 4.86. The fourth-order valence-corrected chi connectivity index (χ4v) is 5.43. The first-order chi connectivity index (χ1) is 10.5. The lowest BCUT2D eigenvalue weighted by Crippen LogP contribution is -2.52. The first-order valence-electron chi connectivity index (χ1n) is 8.44. The Morgan fingerprint density at radius 3 is 2.74 bits per heavy atom. The third-order valence-corrected chi connectivity index (χ3v) is 6.96. The van der Waals surface area contributed by atoms with Crippen molar-refractivity contribution in [1.29, 1.82) is 0 Å². The smallest absolute Gasteiger partial charge is 0.246 e. The lowest BCUT2D eigenvalue weighted by molar-refractivity contribution is -0.144. The zero-order valence-electron chi connectivity index (χ0n) is 14.0. The van der Waals surface area contributed by atoms with E-state index < -0.39 is 0 Å². The van der Waals surface area contributed by atoms with E-state index in [2.05, 4.69) is 12.2 Å². The van der Waals surface area contributed by atoms with Crippen LogP contribution < -0.4 is 5.32 Å². The molecule has 5 nitrogen and oxygen atoms in total. The number of halogens is 1. The van der Waals surface area contributed by atoms with E-state index in [0.717, 1.165) is 50.6 Å². The molecule has 23 heavy (non-hydrogen) atoms. The second-order valence-corrected chi connectivity index (χ2v) is 8.43. The molecular formula is C16H28ClN3O2S. The van der Waals surface area contributed by atoms with Gasteiger partial charge in [0.25, 0.3) is 0 Å². The summed E-state index contributed by atoms with van der Waals surface area (Å²) in [5, 5.41) is 3.20. The van der Waals surface area contributed by atoms with E-state index in [1.165, 1.54) is 6.42 Å². The molecular weight excluding hydrogens is 334 g/mol. The molecule has 2 unspecified atom stereocenters. The van der Waals surface area contributed by atoms with Gasteiger partial charge in [-0.3, -0.25) is 9.59 Å². The molecule has 0 aromatic carbocycles. The number of fused-ring (bicyclic) bond motifs is 1. The van der Waals surface area contributed by atoms with Crippen molar-refractivity contribution in [1.82, 2.24) is 15.1 Å². The maximum atomic E-state index is 12.9. The summed E-state index contributed by atoms with van der Waals surface area (Å²) in [6.45, 7) is 4.87. The number of amides is 2. The number of likely N-dealkylation sites (tertiary alicyclic amines) is 1. The van der Waals surface area contributed by atoms with Crippen molar-refractivity contribution in [3.05, 3.63) is 0 Å². The fraction of sp³-hybridized carbons (Fsp3) is 0.875. The number of rotatable bonds is 4. The summed E-state index contributed by atoms with van der Waals surface area (Å²) in [5.41, 5.74) is 0. The maximum absolute atomic E-state index is 12.9. The van der Waals surface area contributed by atoms with E-state index in [4.69, 9.17) is 0 Å². The fourth-order valence-electron chi connectivity index (χ4n) is 4.00. The van der Waals surface area contributed by atoms with Gasteiger partial charge in [0.2, 0.25) is 11.8 Å². The molecule has 1 N–H and O–H groups in total. The van der Waals surface area contributed by atoms with Crippen LogP contribution in [0.3, 0.4) is 0 Å². The molecule has 0 aromatic heterocycles. The minimum absolute atomic E-state index is 0. The molecule has 3 saturated heterocycles. The van der Waals surface area contributed by atoms with Gasteiger partial charge in [0, 0.05) is 25.3 Å². The molecule has 0 saturated carbocycles. The van der Waals surface area contributed by atoms with Gasteiger partial charge in [-0.1, -0.05) is 0 Å². The molecule has 0 bridgehead atoms. The molecule has 3 heterocycles. The van der Waals surface area contributed by atoms with Gasteiger partial charge in [0.15, 0.2) is 0 Å². The van der Waals surface area contributed by atoms with Crippen LogP contribution >= 0.6 is 24.2 Å². The summed E-state index contributed by atoms with van der Waals surface area (Å²) < 4.78 is 0. The molecule has 0 spiro atoms. The highest BCUT2D eigenvalue weighted by Crippen LogP contribution is 2.47. The molecule has 0 radical (unpaired) electrons. The summed E-state index contributed by atoms with van der Waals surface area (Å²) >= 11 is 1.78. The number of thioether (sulfide) groups is 1. The molecule has 3 rings (SSSR count). The number of hydrogen-bond acceptors (Lipinski definition) is 4. The molecule has 2 atom stereocenters. The van der Waals surface area contributed by atoms with Crippen molar-refractivity contribution < 1.29 is 9.59 Å². The Hall–Kier alpha value is -0.460. The van der Waals surface area contributed by atoms with Crippen LogP contribution in [0.2, 0.25) is 0 Å². The van der Waals surface area contributed by atoms with E-state index in [0.29, 0.717) is 6.42 Å². The number of hydrogen-bond donors (Lipinski definition) is 1. The van der Waals surface area contributed by atoms with E-state index >= 15 is 0 Å². The molecule has 7 heteroatoms. The van der Waals surface area contributed by atoms with Crippen molar-refractivity contribution in [2.75, 3.05) is 32.4 Å². The lowest BCUT2D eigenvalue weighted by Gasteiger charge is -2.36. The third kappa shape index (κ3) is 3.64. The monoisotopic (exact) mass is 361 g/mol. The Morgan fingerprint density at radius 1 is 1.39 bits per heavy atom. The SMILES string of the molecule is CNCCC1CCN(C(=O)C2CSC3(C)CCC(=O)N23)CC1.Cl. The summed E-state index contributed by atoms with van der Waals surface area (Å²) in [6, 6.07) is -0.223. The van der Waals surface area contributed by atoms with Gasteiger partial charge in [-0.25, -0.2) is 0 Å². The van der Waals surface area contributed by atoms with Crippen molar-refractivity contribution in [2.24, 2.45) is 5.92 Å². The first kappa shape index (κ1) is 18.9. The highest BCUT2D eigenvalue weighted by molar-refractivity contribution is 8.01. The second-order valence-electron chi connectivity index (χ2n) is 6.93. The number of nitrogens with zero attached hydrogens (tertiary/aromatic N) is 2. The van der Waals surface area contributed by atoms with Crippen molar-refractivity contribution >= 4 is 36.0 Å². The van der Waals surface area contributed by atoms with Crippen LogP contribution in [0.25, 0.3) is 0 Å². The number of nitrogens with one attached hydrogen (secondary N) is 1. The average molecular weight is 362 g/mol. The second kappa shape index (κ2) is 7.62. The molecule has 3 aliphatic heterocycles. The van der Waals surface area contributed by atoms with Gasteiger partial charge < -0.3 is 15.1 Å². The number of carbonyl (C=O) groups excluding carboxylic acids is 2. The topological polar surface area (TPSA) is 52.7 Å². The van der Waals surface area contributed by atoms with Crippen LogP contribution in [-0.4, -0.2) is 65.0 Å². The molecule has 132 valence electrons. The summed E-state index contributed by atoms with van der Waals surface area (Å²) in [7, 11) is 1.99. The predicted octanol–water partition coefficient (Wildman–Crippen LogP) is 1.71. The first-order valence-corrected chi connectivity index (χ1v) is 9.43. The zero-order chi connectivity index (χ0) is 15.7. The summed E-state index contributed by atoms with van der Waals surface area (Å²) in [5.74, 6) is 1.84. The maximum Gasteiger partial charge on any atom is 0.246 e. The van der Waals surface area contributed by atoms with Crippen molar-refractivity contribution in [3.63, 3.8) is 0 Å². The Balaban J connectivity index is 0.00000192. The average Bonchev–Trinajstić information content (AvgIpc) is 3.02. The van der Waals surface area contributed by atoms with Crippen LogP contribution in [0, 0.1) is 5.92 Å². The predicted molar refractivity (Wildman–Crippen MR) is 95.8 cm³/mol. The third-order valence-electron chi connectivity index (χ3n) is 5.46. The lowest BCUT2D eigenvalue weighted by atomic mass is 9.93. The quantitative estimate of drug-likeness (QED) is 0.828. The van der Waals surface area contributed by atoms with Crippen LogP contribution in [0.1, 0.15) is 39.0 Å². The van der Waals surface area contributed by atoms with Gasteiger partial charge in [-0.15, -0.1) is 24.2 Å². The highest BCUT2D eigenvalue weighted by atomic mass is 35.5. The number of carbonyl (C=O) groups is 2. The van der Waals surface area contributed by atoms with E-state index in [-0.39, 0.29) is 35.1 Å². The number of piperidine rings is 1. The van der Waals surface area contributed by atoms with E-state index in [9.17, 15) is 9.59 Å². The van der Waals surface area contributed by atoms with Gasteiger partial charge in [-0.2, -0.15) is 0 Å². The van der Waals surface area contributed by atoms with Gasteiger partial charge in [0.05, 0.1) is 4.87 Å².